The highest BCUT2D eigenvalue weighted by molar-refractivity contribution is 4.73. The van der Waals surface area contributed by atoms with Gasteiger partial charge in [0.05, 0.1) is 0 Å². The Bertz CT molecular complexity index is 214. The lowest BCUT2D eigenvalue weighted by Crippen LogP contribution is -2.16. The van der Waals surface area contributed by atoms with E-state index >= 15 is 0 Å². The summed E-state index contributed by atoms with van der Waals surface area (Å²) >= 11 is 0. The van der Waals surface area contributed by atoms with Gasteiger partial charge in [-0.1, -0.05) is 89.9 Å². The van der Waals surface area contributed by atoms with Gasteiger partial charge in [0, 0.05) is 0 Å². The van der Waals surface area contributed by atoms with Crippen LogP contribution in [0.25, 0.3) is 0 Å². The molecule has 0 radical (unpaired) electrons. The van der Waals surface area contributed by atoms with Gasteiger partial charge in [0.15, 0.2) is 0 Å². The van der Waals surface area contributed by atoms with Crippen LogP contribution in [0.5, 0.6) is 0 Å². The van der Waals surface area contributed by atoms with E-state index in [4.69, 9.17) is 0 Å². The molecule has 1 aliphatic heterocycles. The van der Waals surface area contributed by atoms with Crippen molar-refractivity contribution in [2.45, 2.75) is 103 Å². The summed E-state index contributed by atoms with van der Waals surface area (Å²) in [5.41, 5.74) is 0. The minimum atomic E-state index is 1.06. The topological polar surface area (TPSA) is 12.0 Å². The summed E-state index contributed by atoms with van der Waals surface area (Å²) in [6.45, 7) is 2.52. The molecule has 21 heavy (non-hydrogen) atoms. The summed E-state index contributed by atoms with van der Waals surface area (Å²) in [5.74, 6) is 2.12. The number of fused-ring (bicyclic) bond motifs is 1. The van der Waals surface area contributed by atoms with Gasteiger partial charge in [0.25, 0.3) is 0 Å². The zero-order chi connectivity index (χ0) is 14.6. The molecule has 2 aliphatic rings. The molecule has 2 unspecified atom stereocenters. The van der Waals surface area contributed by atoms with Crippen molar-refractivity contribution in [1.82, 2.24) is 5.32 Å². The van der Waals surface area contributed by atoms with E-state index in [1.807, 2.05) is 0 Å². The van der Waals surface area contributed by atoms with Gasteiger partial charge in [-0.05, 0) is 37.8 Å². The lowest BCUT2D eigenvalue weighted by atomic mass is 9.78. The van der Waals surface area contributed by atoms with Crippen molar-refractivity contribution in [1.29, 1.82) is 0 Å². The zero-order valence-corrected chi connectivity index (χ0v) is 14.4. The van der Waals surface area contributed by atoms with Gasteiger partial charge in [-0.25, -0.2) is 0 Å². The Hall–Kier alpha value is -0.0400. The smallest absolute Gasteiger partial charge is 0.00489 e. The van der Waals surface area contributed by atoms with Crippen LogP contribution < -0.4 is 5.32 Å². The van der Waals surface area contributed by atoms with Gasteiger partial charge in [-0.15, -0.1) is 0 Å². The maximum Gasteiger partial charge on any atom is -0.00489 e. The Morgan fingerprint density at radius 1 is 0.381 bits per heavy atom. The molecule has 1 heteroatoms. The Kier molecular flexibility index (Phi) is 9.50. The van der Waals surface area contributed by atoms with Crippen molar-refractivity contribution >= 4 is 0 Å². The first-order valence-electron chi connectivity index (χ1n) is 10.2. The highest BCUT2D eigenvalue weighted by Crippen LogP contribution is 2.33. The normalized spacial score (nSPS) is 32.0. The Morgan fingerprint density at radius 2 is 0.714 bits per heavy atom. The summed E-state index contributed by atoms with van der Waals surface area (Å²) in [5, 5.41) is 3.63. The molecule has 0 aromatic heterocycles. The molecule has 2 atom stereocenters. The van der Waals surface area contributed by atoms with Crippen molar-refractivity contribution < 1.29 is 0 Å². The molecule has 0 aromatic rings. The second kappa shape index (κ2) is 11.5. The fourth-order valence-electron chi connectivity index (χ4n) is 4.54. The van der Waals surface area contributed by atoms with E-state index in [2.05, 4.69) is 5.32 Å². The third kappa shape index (κ3) is 7.68. The molecule has 1 saturated carbocycles. The summed E-state index contributed by atoms with van der Waals surface area (Å²) in [7, 11) is 0. The van der Waals surface area contributed by atoms with Crippen LogP contribution >= 0.6 is 0 Å². The Morgan fingerprint density at radius 3 is 1.14 bits per heavy atom. The number of hydrogen-bond acceptors (Lipinski definition) is 1. The van der Waals surface area contributed by atoms with Crippen LogP contribution in [0.1, 0.15) is 103 Å². The van der Waals surface area contributed by atoms with Crippen LogP contribution in [0.3, 0.4) is 0 Å². The van der Waals surface area contributed by atoms with Crippen molar-refractivity contribution in [3.05, 3.63) is 0 Å². The maximum absolute atomic E-state index is 3.63. The van der Waals surface area contributed by atoms with Crippen LogP contribution in [0, 0.1) is 11.8 Å². The molecule has 124 valence electrons. The van der Waals surface area contributed by atoms with Crippen molar-refractivity contribution in [3.63, 3.8) is 0 Å². The zero-order valence-electron chi connectivity index (χ0n) is 14.4. The third-order valence-electron chi connectivity index (χ3n) is 5.92. The molecule has 0 spiro atoms. The minimum Gasteiger partial charge on any atom is -0.317 e. The summed E-state index contributed by atoms with van der Waals surface area (Å²) in [6, 6.07) is 0. The van der Waals surface area contributed by atoms with Crippen molar-refractivity contribution in [2.24, 2.45) is 11.8 Å². The summed E-state index contributed by atoms with van der Waals surface area (Å²) in [4.78, 5) is 0. The molecule has 2 fully saturated rings. The van der Waals surface area contributed by atoms with Crippen LogP contribution in [-0.2, 0) is 0 Å². The van der Waals surface area contributed by atoms with E-state index in [-0.39, 0.29) is 0 Å². The average Bonchev–Trinajstić information content (AvgIpc) is 2.53. The lowest BCUT2D eigenvalue weighted by Gasteiger charge is -2.28. The summed E-state index contributed by atoms with van der Waals surface area (Å²) < 4.78 is 0. The Balaban J connectivity index is 1.88. The fourth-order valence-corrected chi connectivity index (χ4v) is 4.54. The average molecular weight is 294 g/mol. The monoisotopic (exact) mass is 293 g/mol. The van der Waals surface area contributed by atoms with Gasteiger partial charge in [0.1, 0.15) is 0 Å². The minimum absolute atomic E-state index is 1.06. The standard InChI is InChI=1S/C20H39N/c1-2-4-6-8-14-20-16-10-12-18-21-17-11-9-15-19(20)13-7-5-3-1/h19-21H,1-18H2. The summed E-state index contributed by atoms with van der Waals surface area (Å²) in [6.07, 6.45) is 23.9. The molecule has 0 bridgehead atoms. The molecule has 1 nitrogen and oxygen atoms in total. The first kappa shape index (κ1) is 17.3. The first-order valence-corrected chi connectivity index (χ1v) is 10.2. The van der Waals surface area contributed by atoms with Gasteiger partial charge < -0.3 is 5.32 Å². The second-order valence-corrected chi connectivity index (χ2v) is 7.67. The van der Waals surface area contributed by atoms with E-state index in [0.717, 1.165) is 11.8 Å². The van der Waals surface area contributed by atoms with E-state index in [1.54, 1.807) is 0 Å². The lowest BCUT2D eigenvalue weighted by molar-refractivity contribution is 0.238. The third-order valence-corrected chi connectivity index (χ3v) is 5.92. The highest BCUT2D eigenvalue weighted by Gasteiger charge is 2.21. The van der Waals surface area contributed by atoms with Crippen LogP contribution in [0.4, 0.5) is 0 Å². The highest BCUT2D eigenvalue weighted by atomic mass is 14.8. The van der Waals surface area contributed by atoms with E-state index in [1.165, 1.54) is 116 Å². The number of nitrogens with one attached hydrogen (secondary N) is 1. The van der Waals surface area contributed by atoms with E-state index < -0.39 is 0 Å². The fraction of sp³-hybridized carbons (Fsp3) is 1.00. The Labute approximate surface area is 133 Å². The van der Waals surface area contributed by atoms with Crippen molar-refractivity contribution in [2.75, 3.05) is 13.1 Å². The SMILES string of the molecule is C1CCCCCC2CCCCNCCCCC2CCCC1. The molecule has 1 heterocycles. The van der Waals surface area contributed by atoms with Gasteiger partial charge in [0.2, 0.25) is 0 Å². The van der Waals surface area contributed by atoms with Crippen LogP contribution in [0.15, 0.2) is 0 Å². The molecule has 1 N–H and O–H groups in total. The predicted molar refractivity (Wildman–Crippen MR) is 93.7 cm³/mol. The largest absolute Gasteiger partial charge is 0.317 e. The van der Waals surface area contributed by atoms with Crippen molar-refractivity contribution in [3.8, 4) is 0 Å². The van der Waals surface area contributed by atoms with Gasteiger partial charge >= 0.3 is 0 Å². The first-order chi connectivity index (χ1) is 10.5. The van der Waals surface area contributed by atoms with E-state index in [9.17, 15) is 0 Å². The number of hydrogen-bond donors (Lipinski definition) is 1. The molecule has 1 saturated heterocycles. The molecular weight excluding hydrogens is 254 g/mol. The van der Waals surface area contributed by atoms with Gasteiger partial charge in [-0.3, -0.25) is 0 Å². The van der Waals surface area contributed by atoms with Gasteiger partial charge in [-0.2, -0.15) is 0 Å². The predicted octanol–water partition coefficient (Wildman–Crippen LogP) is 6.08. The van der Waals surface area contributed by atoms with E-state index in [0.29, 0.717) is 0 Å². The maximum atomic E-state index is 3.63. The second-order valence-electron chi connectivity index (χ2n) is 7.67. The quantitative estimate of drug-likeness (QED) is 0.571. The molecular formula is C20H39N. The molecule has 1 aliphatic carbocycles. The molecule has 0 amide bonds. The van der Waals surface area contributed by atoms with Crippen LogP contribution in [0.2, 0.25) is 0 Å². The molecule has 0 aromatic carbocycles. The molecule has 2 rings (SSSR count). The van der Waals surface area contributed by atoms with Crippen LogP contribution in [-0.4, -0.2) is 13.1 Å². The number of rotatable bonds is 0.